The van der Waals surface area contributed by atoms with Crippen LogP contribution in [-0.4, -0.2) is 22.7 Å². The van der Waals surface area contributed by atoms with E-state index < -0.39 is 17.0 Å². The normalized spacial score (nSPS) is 23.7. The Bertz CT molecular complexity index is 864. The van der Waals surface area contributed by atoms with E-state index in [0.717, 1.165) is 36.3 Å². The topological polar surface area (TPSA) is 69.7 Å². The lowest BCUT2D eigenvalue weighted by Gasteiger charge is -2.37. The molecule has 1 radical (unpaired) electrons. The Morgan fingerprint density at radius 3 is 1.94 bits per heavy atom. The number of carboxylic acids is 1. The highest BCUT2D eigenvalue weighted by molar-refractivity contribution is 5.87. The van der Waals surface area contributed by atoms with E-state index in [4.69, 9.17) is 9.84 Å². The number of hydroxylamine groups is 2. The van der Waals surface area contributed by atoms with Crippen LogP contribution >= 0.6 is 0 Å². The first-order chi connectivity index (χ1) is 14.8. The summed E-state index contributed by atoms with van der Waals surface area (Å²) in [6, 6.07) is 14.6. The number of hydrogen-bond donors (Lipinski definition) is 1. The summed E-state index contributed by atoms with van der Waals surface area (Å²) in [6.07, 6.45) is 7.47. The number of unbranched alkanes of at least 4 members (excludes halogenated alkanes) is 4. The SMILES string of the molecule is CCCCCCCOc1ccc([C@@]2(C)CC[C@](C)(c3ccc(C(=O)O)cc3)N2[O])cc1. The van der Waals surface area contributed by atoms with Crippen LogP contribution in [0.1, 0.15) is 87.2 Å². The van der Waals surface area contributed by atoms with Crippen LogP contribution in [0.2, 0.25) is 0 Å². The molecule has 2 aromatic rings. The van der Waals surface area contributed by atoms with Crippen LogP contribution in [0.15, 0.2) is 48.5 Å². The lowest BCUT2D eigenvalue weighted by Crippen LogP contribution is -2.44. The van der Waals surface area contributed by atoms with Crippen LogP contribution in [0.3, 0.4) is 0 Å². The maximum Gasteiger partial charge on any atom is 0.335 e. The summed E-state index contributed by atoms with van der Waals surface area (Å²) in [6.45, 7) is 6.86. The average Bonchev–Trinajstić information content (AvgIpc) is 3.03. The zero-order valence-corrected chi connectivity index (χ0v) is 18.9. The highest BCUT2D eigenvalue weighted by Crippen LogP contribution is 2.51. The van der Waals surface area contributed by atoms with Gasteiger partial charge in [0.2, 0.25) is 0 Å². The van der Waals surface area contributed by atoms with E-state index in [1.54, 1.807) is 24.3 Å². The van der Waals surface area contributed by atoms with Gasteiger partial charge in [-0.25, -0.2) is 4.79 Å². The van der Waals surface area contributed by atoms with Crippen molar-refractivity contribution in [3.05, 3.63) is 65.2 Å². The molecule has 1 aliphatic heterocycles. The van der Waals surface area contributed by atoms with Gasteiger partial charge in [-0.2, -0.15) is 0 Å². The minimum absolute atomic E-state index is 0.228. The molecule has 0 saturated carbocycles. The summed E-state index contributed by atoms with van der Waals surface area (Å²) in [5.41, 5.74) is 0.715. The zero-order valence-electron chi connectivity index (χ0n) is 18.9. The van der Waals surface area contributed by atoms with Crippen molar-refractivity contribution in [2.24, 2.45) is 0 Å². The Morgan fingerprint density at radius 2 is 1.42 bits per heavy atom. The van der Waals surface area contributed by atoms with E-state index in [1.807, 2.05) is 38.1 Å². The van der Waals surface area contributed by atoms with E-state index in [-0.39, 0.29) is 5.56 Å². The minimum atomic E-state index is -0.963. The molecule has 3 rings (SSSR count). The second-order valence-corrected chi connectivity index (χ2v) is 9.01. The third kappa shape index (κ3) is 4.94. The predicted octanol–water partition coefficient (Wildman–Crippen LogP) is 6.31. The van der Waals surface area contributed by atoms with Gasteiger partial charge in [0.15, 0.2) is 0 Å². The van der Waals surface area contributed by atoms with Gasteiger partial charge in [-0.1, -0.05) is 56.9 Å². The van der Waals surface area contributed by atoms with Gasteiger partial charge in [-0.15, -0.1) is 10.3 Å². The molecule has 2 aromatic carbocycles. The van der Waals surface area contributed by atoms with Gasteiger partial charge in [0.05, 0.1) is 23.2 Å². The molecular formula is C26H34NO4. The van der Waals surface area contributed by atoms with Crippen LogP contribution in [0, 0.1) is 0 Å². The fourth-order valence-electron chi connectivity index (χ4n) is 4.54. The van der Waals surface area contributed by atoms with Crippen LogP contribution in [0.25, 0.3) is 0 Å². The first-order valence-corrected chi connectivity index (χ1v) is 11.4. The first kappa shape index (κ1) is 23.3. The van der Waals surface area contributed by atoms with Crippen LogP contribution in [-0.2, 0) is 16.3 Å². The van der Waals surface area contributed by atoms with Gasteiger partial charge in [0.1, 0.15) is 5.75 Å². The molecule has 0 unspecified atom stereocenters. The number of benzene rings is 2. The first-order valence-electron chi connectivity index (χ1n) is 11.4. The zero-order chi connectivity index (χ0) is 22.5. The van der Waals surface area contributed by atoms with Crippen molar-refractivity contribution < 1.29 is 19.8 Å². The van der Waals surface area contributed by atoms with Gasteiger partial charge in [-0.05, 0) is 68.5 Å². The summed E-state index contributed by atoms with van der Waals surface area (Å²) in [4.78, 5) is 11.1. The molecule has 5 heteroatoms. The van der Waals surface area contributed by atoms with Gasteiger partial charge in [0, 0.05) is 0 Å². The standard InChI is InChI=1S/C26H34NO4/c1-4-5-6-7-8-19-31-23-15-13-22(14-16-23)26(3)18-17-25(2,27(26)30)21-11-9-20(10-12-21)24(28)29/h9-16H,4-8,17-19H2,1-3H3,(H,28,29)/t25-,26-/m1/s1. The molecule has 1 N–H and O–H groups in total. The minimum Gasteiger partial charge on any atom is -0.494 e. The van der Waals surface area contributed by atoms with Crippen molar-refractivity contribution >= 4 is 5.97 Å². The van der Waals surface area contributed by atoms with Crippen molar-refractivity contribution in [1.29, 1.82) is 0 Å². The van der Waals surface area contributed by atoms with E-state index >= 15 is 0 Å². The third-order valence-electron chi connectivity index (χ3n) is 6.74. The lowest BCUT2D eigenvalue weighted by molar-refractivity contribution is -0.260. The molecule has 0 aliphatic carbocycles. The highest BCUT2D eigenvalue weighted by atomic mass is 16.5. The third-order valence-corrected chi connectivity index (χ3v) is 6.74. The quantitative estimate of drug-likeness (QED) is 0.454. The fraction of sp³-hybridized carbons (Fsp3) is 0.500. The fourth-order valence-corrected chi connectivity index (χ4v) is 4.54. The number of ether oxygens (including phenoxy) is 1. The number of hydrogen-bond acceptors (Lipinski definition) is 3. The van der Waals surface area contributed by atoms with Crippen molar-refractivity contribution in [3.63, 3.8) is 0 Å². The number of carbonyl (C=O) groups is 1. The van der Waals surface area contributed by atoms with Gasteiger partial charge >= 0.3 is 5.97 Å². The summed E-state index contributed by atoms with van der Waals surface area (Å²) in [5.74, 6) is -0.125. The molecule has 2 atom stereocenters. The molecule has 5 nitrogen and oxygen atoms in total. The summed E-state index contributed by atoms with van der Waals surface area (Å²) < 4.78 is 5.86. The van der Waals surface area contributed by atoms with Gasteiger partial charge < -0.3 is 9.84 Å². The largest absolute Gasteiger partial charge is 0.494 e. The molecule has 1 saturated heterocycles. The Kier molecular flexibility index (Phi) is 7.39. The summed E-state index contributed by atoms with van der Waals surface area (Å²) >= 11 is 0. The monoisotopic (exact) mass is 424 g/mol. The molecule has 1 fully saturated rings. The molecule has 0 amide bonds. The predicted molar refractivity (Wildman–Crippen MR) is 121 cm³/mol. The highest BCUT2D eigenvalue weighted by Gasteiger charge is 2.52. The van der Waals surface area contributed by atoms with Crippen LogP contribution in [0.4, 0.5) is 0 Å². The average molecular weight is 425 g/mol. The van der Waals surface area contributed by atoms with E-state index in [2.05, 4.69) is 6.92 Å². The van der Waals surface area contributed by atoms with Crippen molar-refractivity contribution in [3.8, 4) is 5.75 Å². The molecular weight excluding hydrogens is 390 g/mol. The molecule has 167 valence electrons. The van der Waals surface area contributed by atoms with Crippen LogP contribution in [0.5, 0.6) is 5.75 Å². The molecule has 0 spiro atoms. The van der Waals surface area contributed by atoms with Crippen LogP contribution < -0.4 is 4.74 Å². The number of aromatic carboxylic acids is 1. The Balaban J connectivity index is 1.66. The maximum atomic E-state index is 13.5. The maximum absolute atomic E-state index is 13.5. The second kappa shape index (κ2) is 9.84. The Labute approximate surface area is 185 Å². The molecule has 0 bridgehead atoms. The molecule has 0 aromatic heterocycles. The lowest BCUT2D eigenvalue weighted by atomic mass is 9.89. The van der Waals surface area contributed by atoms with E-state index in [1.165, 1.54) is 30.7 Å². The molecule has 1 heterocycles. The Hall–Kier alpha value is -2.37. The molecule has 1 aliphatic rings. The second-order valence-electron chi connectivity index (χ2n) is 9.01. The Morgan fingerprint density at radius 1 is 0.903 bits per heavy atom. The van der Waals surface area contributed by atoms with Gasteiger partial charge in [0.25, 0.3) is 0 Å². The smallest absolute Gasteiger partial charge is 0.335 e. The summed E-state index contributed by atoms with van der Waals surface area (Å²) in [7, 11) is 0. The van der Waals surface area contributed by atoms with Crippen molar-refractivity contribution in [2.45, 2.75) is 76.8 Å². The van der Waals surface area contributed by atoms with E-state index in [9.17, 15) is 10.0 Å². The molecule has 31 heavy (non-hydrogen) atoms. The number of rotatable bonds is 10. The summed E-state index contributed by atoms with van der Waals surface area (Å²) in [5, 5.41) is 23.8. The van der Waals surface area contributed by atoms with Crippen molar-refractivity contribution in [2.75, 3.05) is 6.61 Å². The van der Waals surface area contributed by atoms with Crippen molar-refractivity contribution in [1.82, 2.24) is 5.06 Å². The number of carboxylic acid groups (broad SMARTS) is 1. The van der Waals surface area contributed by atoms with E-state index in [0.29, 0.717) is 6.42 Å². The number of nitrogens with zero attached hydrogens (tertiary/aromatic N) is 1. The van der Waals surface area contributed by atoms with Gasteiger partial charge in [-0.3, -0.25) is 0 Å².